The Labute approximate surface area is 133 Å². The van der Waals surface area contributed by atoms with Gasteiger partial charge in [-0.3, -0.25) is 4.79 Å². The highest BCUT2D eigenvalue weighted by atomic mass is 79.9. The Hall–Kier alpha value is -2.53. The van der Waals surface area contributed by atoms with Gasteiger partial charge in [-0.2, -0.15) is 0 Å². The molecule has 0 radical (unpaired) electrons. The number of benzene rings is 2. The van der Waals surface area contributed by atoms with Gasteiger partial charge in [-0.1, -0.05) is 15.9 Å². The standard InChI is InChI=1S/C17H10BrNO3/c18-10-2-4-14-12(6-10)13(20)8-17(21-14)16-5-9-1-3-11(19)7-15(9)22-16/h1-8H,19H2. The Morgan fingerprint density at radius 3 is 2.50 bits per heavy atom. The molecule has 4 rings (SSSR count). The maximum Gasteiger partial charge on any atom is 0.193 e. The molecule has 22 heavy (non-hydrogen) atoms. The summed E-state index contributed by atoms with van der Waals surface area (Å²) in [6, 6.07) is 14.0. The van der Waals surface area contributed by atoms with Crippen LogP contribution in [0.2, 0.25) is 0 Å². The molecule has 0 amide bonds. The second-order valence-corrected chi connectivity index (χ2v) is 5.94. The molecule has 0 aliphatic rings. The van der Waals surface area contributed by atoms with Crippen LogP contribution in [0, 0.1) is 0 Å². The molecule has 108 valence electrons. The summed E-state index contributed by atoms with van der Waals surface area (Å²) in [5.74, 6) is 0.900. The van der Waals surface area contributed by atoms with E-state index in [9.17, 15) is 4.79 Å². The van der Waals surface area contributed by atoms with Gasteiger partial charge in [0.1, 0.15) is 11.2 Å². The van der Waals surface area contributed by atoms with Gasteiger partial charge in [0.05, 0.1) is 5.39 Å². The van der Waals surface area contributed by atoms with Crippen LogP contribution in [-0.2, 0) is 0 Å². The Kier molecular flexibility index (Phi) is 2.84. The number of hydrogen-bond acceptors (Lipinski definition) is 4. The van der Waals surface area contributed by atoms with Crippen molar-refractivity contribution < 1.29 is 8.83 Å². The fourth-order valence-electron chi connectivity index (χ4n) is 2.42. The molecule has 0 saturated carbocycles. The lowest BCUT2D eigenvalue weighted by molar-refractivity contribution is 0.562. The van der Waals surface area contributed by atoms with Gasteiger partial charge < -0.3 is 14.6 Å². The van der Waals surface area contributed by atoms with Crippen molar-refractivity contribution in [3.05, 3.63) is 63.2 Å². The third-order valence-corrected chi connectivity index (χ3v) is 3.97. The number of rotatable bonds is 1. The topological polar surface area (TPSA) is 69.4 Å². The molecule has 0 unspecified atom stereocenters. The van der Waals surface area contributed by atoms with E-state index in [0.717, 1.165) is 9.86 Å². The Bertz CT molecular complexity index is 1080. The van der Waals surface area contributed by atoms with Crippen molar-refractivity contribution in [3.8, 4) is 11.5 Å². The number of anilines is 1. The van der Waals surface area contributed by atoms with Gasteiger partial charge in [0.25, 0.3) is 0 Å². The molecular formula is C17H10BrNO3. The summed E-state index contributed by atoms with van der Waals surface area (Å²) in [5, 5.41) is 1.43. The first-order valence-electron chi connectivity index (χ1n) is 6.63. The van der Waals surface area contributed by atoms with E-state index >= 15 is 0 Å². The Balaban J connectivity index is 1.95. The van der Waals surface area contributed by atoms with Crippen LogP contribution >= 0.6 is 15.9 Å². The van der Waals surface area contributed by atoms with Crippen molar-refractivity contribution in [1.82, 2.24) is 0 Å². The fourth-order valence-corrected chi connectivity index (χ4v) is 2.78. The van der Waals surface area contributed by atoms with Crippen LogP contribution in [0.25, 0.3) is 33.5 Å². The second kappa shape index (κ2) is 4.74. The van der Waals surface area contributed by atoms with E-state index in [1.165, 1.54) is 6.07 Å². The van der Waals surface area contributed by atoms with Gasteiger partial charge in [-0.05, 0) is 36.4 Å². The lowest BCUT2D eigenvalue weighted by atomic mass is 10.2. The van der Waals surface area contributed by atoms with Crippen molar-refractivity contribution in [2.75, 3.05) is 5.73 Å². The molecule has 0 atom stereocenters. The molecular weight excluding hydrogens is 346 g/mol. The summed E-state index contributed by atoms with van der Waals surface area (Å²) in [7, 11) is 0. The molecule has 2 N–H and O–H groups in total. The minimum Gasteiger partial charge on any atom is -0.453 e. The summed E-state index contributed by atoms with van der Waals surface area (Å²) in [5.41, 5.74) is 7.44. The van der Waals surface area contributed by atoms with Crippen molar-refractivity contribution in [1.29, 1.82) is 0 Å². The van der Waals surface area contributed by atoms with Crippen LogP contribution in [-0.4, -0.2) is 0 Å². The van der Waals surface area contributed by atoms with Crippen molar-refractivity contribution in [3.63, 3.8) is 0 Å². The molecule has 0 fully saturated rings. The van der Waals surface area contributed by atoms with Crippen molar-refractivity contribution in [2.24, 2.45) is 0 Å². The quantitative estimate of drug-likeness (QED) is 0.508. The van der Waals surface area contributed by atoms with Gasteiger partial charge in [0.15, 0.2) is 16.9 Å². The zero-order valence-corrected chi connectivity index (χ0v) is 12.9. The molecule has 0 spiro atoms. The lowest BCUT2D eigenvalue weighted by Gasteiger charge is -2.00. The van der Waals surface area contributed by atoms with E-state index in [-0.39, 0.29) is 5.43 Å². The number of nitrogens with two attached hydrogens (primary N) is 1. The van der Waals surface area contributed by atoms with Gasteiger partial charge in [-0.15, -0.1) is 0 Å². The molecule has 0 aliphatic carbocycles. The highest BCUT2D eigenvalue weighted by Crippen LogP contribution is 2.30. The van der Waals surface area contributed by atoms with E-state index in [4.69, 9.17) is 14.6 Å². The molecule has 5 heteroatoms. The first kappa shape index (κ1) is 13.2. The lowest BCUT2D eigenvalue weighted by Crippen LogP contribution is -1.99. The van der Waals surface area contributed by atoms with Crippen LogP contribution in [0.15, 0.2) is 66.6 Å². The molecule has 2 heterocycles. The van der Waals surface area contributed by atoms with Crippen LogP contribution in [0.5, 0.6) is 0 Å². The van der Waals surface area contributed by atoms with Crippen LogP contribution in [0.4, 0.5) is 5.69 Å². The Morgan fingerprint density at radius 2 is 1.64 bits per heavy atom. The largest absolute Gasteiger partial charge is 0.453 e. The predicted octanol–water partition coefficient (Wildman–Crippen LogP) is 4.55. The second-order valence-electron chi connectivity index (χ2n) is 5.02. The monoisotopic (exact) mass is 355 g/mol. The molecule has 0 aliphatic heterocycles. The molecule has 0 saturated heterocycles. The number of hydrogen-bond donors (Lipinski definition) is 1. The fraction of sp³-hybridized carbons (Fsp3) is 0. The maximum absolute atomic E-state index is 12.3. The summed E-state index contributed by atoms with van der Waals surface area (Å²) in [6.07, 6.45) is 0. The van der Waals surface area contributed by atoms with E-state index in [1.807, 2.05) is 18.2 Å². The van der Waals surface area contributed by atoms with E-state index < -0.39 is 0 Å². The molecule has 0 bridgehead atoms. The van der Waals surface area contributed by atoms with E-state index in [0.29, 0.717) is 33.8 Å². The SMILES string of the molecule is Nc1ccc2cc(-c3cc(=O)c4cc(Br)ccc4o3)oc2c1. The average Bonchev–Trinajstić information content (AvgIpc) is 2.91. The zero-order valence-electron chi connectivity index (χ0n) is 11.3. The number of halogens is 1. The minimum absolute atomic E-state index is 0.113. The predicted molar refractivity (Wildman–Crippen MR) is 89.8 cm³/mol. The average molecular weight is 356 g/mol. The number of nitrogen functional groups attached to an aromatic ring is 1. The smallest absolute Gasteiger partial charge is 0.193 e. The highest BCUT2D eigenvalue weighted by Gasteiger charge is 2.12. The Morgan fingerprint density at radius 1 is 0.864 bits per heavy atom. The van der Waals surface area contributed by atoms with E-state index in [1.54, 1.807) is 24.3 Å². The molecule has 4 aromatic rings. The first-order valence-corrected chi connectivity index (χ1v) is 7.42. The number of furan rings is 1. The summed E-state index contributed by atoms with van der Waals surface area (Å²) < 4.78 is 12.4. The highest BCUT2D eigenvalue weighted by molar-refractivity contribution is 9.10. The van der Waals surface area contributed by atoms with Gasteiger partial charge >= 0.3 is 0 Å². The summed E-state index contributed by atoms with van der Waals surface area (Å²) in [4.78, 5) is 12.3. The minimum atomic E-state index is -0.113. The normalized spacial score (nSPS) is 11.3. The van der Waals surface area contributed by atoms with Gasteiger partial charge in [-0.25, -0.2) is 0 Å². The third-order valence-electron chi connectivity index (χ3n) is 3.48. The van der Waals surface area contributed by atoms with Gasteiger partial charge in [0, 0.05) is 27.7 Å². The summed E-state index contributed by atoms with van der Waals surface area (Å²) in [6.45, 7) is 0. The molecule has 4 nitrogen and oxygen atoms in total. The first-order chi connectivity index (χ1) is 10.6. The maximum atomic E-state index is 12.3. The van der Waals surface area contributed by atoms with E-state index in [2.05, 4.69) is 15.9 Å². The van der Waals surface area contributed by atoms with Crippen molar-refractivity contribution in [2.45, 2.75) is 0 Å². The van der Waals surface area contributed by atoms with Crippen LogP contribution in [0.1, 0.15) is 0 Å². The summed E-state index contributed by atoms with van der Waals surface area (Å²) >= 11 is 3.35. The van der Waals surface area contributed by atoms with Crippen molar-refractivity contribution >= 4 is 43.6 Å². The molecule has 2 aromatic carbocycles. The molecule has 2 aromatic heterocycles. The number of fused-ring (bicyclic) bond motifs is 2. The van der Waals surface area contributed by atoms with Crippen LogP contribution < -0.4 is 11.2 Å². The van der Waals surface area contributed by atoms with Crippen LogP contribution in [0.3, 0.4) is 0 Å². The van der Waals surface area contributed by atoms with Gasteiger partial charge in [0.2, 0.25) is 0 Å². The third kappa shape index (κ3) is 2.10. The zero-order chi connectivity index (χ0) is 15.3.